The normalized spacial score (nSPS) is 19.1. The number of carbonyl (C=O) groups excluding carboxylic acids is 1. The molecule has 1 atom stereocenters. The average molecular weight is 415 g/mol. The lowest BCUT2D eigenvalue weighted by atomic mass is 10.1. The van der Waals surface area contributed by atoms with Gasteiger partial charge in [0.2, 0.25) is 5.91 Å². The fourth-order valence-electron chi connectivity index (χ4n) is 2.77. The van der Waals surface area contributed by atoms with Crippen molar-refractivity contribution in [2.75, 3.05) is 11.5 Å². The number of halogens is 2. The van der Waals surface area contributed by atoms with Crippen LogP contribution >= 0.6 is 23.2 Å². The van der Waals surface area contributed by atoms with Crippen LogP contribution in [0, 0.1) is 5.92 Å². The van der Waals surface area contributed by atoms with Crippen LogP contribution in [0.15, 0.2) is 39.9 Å². The average Bonchev–Trinajstić information content (AvgIpc) is 3.16. The Morgan fingerprint density at radius 1 is 1.31 bits per heavy atom. The first-order chi connectivity index (χ1) is 12.3. The smallest absolute Gasteiger partial charge is 0.240 e. The fourth-order valence-corrected chi connectivity index (χ4v) is 5.03. The summed E-state index contributed by atoms with van der Waals surface area (Å²) in [5.74, 6) is 0.700. The zero-order valence-corrected chi connectivity index (χ0v) is 15.9. The lowest BCUT2D eigenvalue weighted by molar-refractivity contribution is -0.121. The molecule has 1 aliphatic rings. The quantitative estimate of drug-likeness (QED) is 0.598. The molecule has 1 aliphatic heterocycles. The molecular formula is C17H16Cl2N2O4S. The minimum Gasteiger partial charge on any atom is -0.455 e. The fraction of sp³-hybridized carbons (Fsp3) is 0.294. The van der Waals surface area contributed by atoms with Crippen LogP contribution in [0.1, 0.15) is 18.6 Å². The van der Waals surface area contributed by atoms with E-state index in [9.17, 15) is 13.2 Å². The van der Waals surface area contributed by atoms with Crippen LogP contribution in [-0.2, 0) is 14.6 Å². The summed E-state index contributed by atoms with van der Waals surface area (Å²) in [5, 5.41) is 4.66. The lowest BCUT2D eigenvalue weighted by Gasteiger charge is -2.04. The van der Waals surface area contributed by atoms with E-state index in [0.29, 0.717) is 33.6 Å². The van der Waals surface area contributed by atoms with Gasteiger partial charge in [-0.2, -0.15) is 5.10 Å². The van der Waals surface area contributed by atoms with Gasteiger partial charge in [-0.15, -0.1) is 0 Å². The van der Waals surface area contributed by atoms with Crippen molar-refractivity contribution >= 4 is 45.2 Å². The first kappa shape index (κ1) is 18.9. The van der Waals surface area contributed by atoms with Gasteiger partial charge < -0.3 is 4.42 Å². The van der Waals surface area contributed by atoms with Crippen LogP contribution < -0.4 is 5.43 Å². The van der Waals surface area contributed by atoms with Gasteiger partial charge in [-0.05, 0) is 36.6 Å². The van der Waals surface area contributed by atoms with Crippen molar-refractivity contribution in [2.24, 2.45) is 11.0 Å². The molecule has 0 aliphatic carbocycles. The van der Waals surface area contributed by atoms with Gasteiger partial charge in [0.05, 0.1) is 27.8 Å². The summed E-state index contributed by atoms with van der Waals surface area (Å²) in [6.07, 6.45) is 2.02. The molecule has 0 saturated carbocycles. The number of hydrogen-bond donors (Lipinski definition) is 1. The summed E-state index contributed by atoms with van der Waals surface area (Å²) in [5.41, 5.74) is 3.04. The van der Waals surface area contributed by atoms with Crippen LogP contribution in [0.3, 0.4) is 0 Å². The molecule has 1 aromatic carbocycles. The molecule has 9 heteroatoms. The SMILES string of the molecule is O=C(C[C@@H]1CCS(=O)(=O)C1)N/N=C\c1ccc(-c2cccc(Cl)c2Cl)o1. The number of amides is 1. The monoisotopic (exact) mass is 414 g/mol. The van der Waals surface area contributed by atoms with Gasteiger partial charge in [-0.25, -0.2) is 13.8 Å². The van der Waals surface area contributed by atoms with Crippen molar-refractivity contribution in [3.8, 4) is 11.3 Å². The van der Waals surface area contributed by atoms with Crippen molar-refractivity contribution in [3.63, 3.8) is 0 Å². The summed E-state index contributed by atoms with van der Waals surface area (Å²) in [7, 11) is -2.99. The third kappa shape index (κ3) is 4.66. The Labute approximate surface area is 161 Å². The minimum absolute atomic E-state index is 0.0616. The standard InChI is InChI=1S/C17H16Cl2N2O4S/c18-14-3-1-2-13(17(14)19)15-5-4-12(25-15)9-20-21-16(22)8-11-6-7-26(23,24)10-11/h1-5,9,11H,6-8,10H2,(H,21,22)/b20-9-/t11-/m0/s1. The van der Waals surface area contributed by atoms with Crippen molar-refractivity contribution in [2.45, 2.75) is 12.8 Å². The summed E-state index contributed by atoms with van der Waals surface area (Å²) >= 11 is 12.1. The lowest BCUT2D eigenvalue weighted by Crippen LogP contribution is -2.21. The maximum atomic E-state index is 11.8. The van der Waals surface area contributed by atoms with E-state index < -0.39 is 9.84 Å². The zero-order chi connectivity index (χ0) is 18.7. The predicted octanol–water partition coefficient (Wildman–Crippen LogP) is 3.53. The number of hydrazone groups is 1. The highest BCUT2D eigenvalue weighted by Crippen LogP contribution is 2.34. The van der Waals surface area contributed by atoms with E-state index in [1.54, 1.807) is 30.3 Å². The molecule has 6 nitrogen and oxygen atoms in total. The second-order valence-electron chi connectivity index (χ2n) is 6.07. The van der Waals surface area contributed by atoms with Crippen LogP contribution in [0.5, 0.6) is 0 Å². The van der Waals surface area contributed by atoms with E-state index in [1.165, 1.54) is 6.21 Å². The van der Waals surface area contributed by atoms with Gasteiger partial charge >= 0.3 is 0 Å². The number of furan rings is 1. The van der Waals surface area contributed by atoms with E-state index in [-0.39, 0.29) is 29.8 Å². The van der Waals surface area contributed by atoms with E-state index in [4.69, 9.17) is 27.6 Å². The van der Waals surface area contributed by atoms with Gasteiger partial charge in [0.25, 0.3) is 0 Å². The minimum atomic E-state index is -2.99. The number of carbonyl (C=O) groups is 1. The molecule has 2 aromatic rings. The number of rotatable bonds is 5. The Kier molecular flexibility index (Phi) is 5.70. The predicted molar refractivity (Wildman–Crippen MR) is 101 cm³/mol. The summed E-state index contributed by atoms with van der Waals surface area (Å²) < 4.78 is 28.4. The summed E-state index contributed by atoms with van der Waals surface area (Å²) in [6, 6.07) is 8.65. The van der Waals surface area contributed by atoms with Gasteiger partial charge in [-0.1, -0.05) is 29.3 Å². The highest BCUT2D eigenvalue weighted by atomic mass is 35.5. The zero-order valence-electron chi connectivity index (χ0n) is 13.6. The van der Waals surface area contributed by atoms with Crippen molar-refractivity contribution in [3.05, 3.63) is 46.1 Å². The van der Waals surface area contributed by atoms with Crippen LogP contribution in [0.25, 0.3) is 11.3 Å². The molecule has 1 amide bonds. The number of sulfone groups is 1. The van der Waals surface area contributed by atoms with Gasteiger partial charge in [0.15, 0.2) is 9.84 Å². The third-order valence-electron chi connectivity index (χ3n) is 4.03. The summed E-state index contributed by atoms with van der Waals surface area (Å²) in [4.78, 5) is 11.8. The molecular weight excluding hydrogens is 399 g/mol. The van der Waals surface area contributed by atoms with Crippen molar-refractivity contribution in [1.82, 2.24) is 5.43 Å². The highest BCUT2D eigenvalue weighted by molar-refractivity contribution is 7.91. The van der Waals surface area contributed by atoms with Gasteiger partial charge in [0.1, 0.15) is 11.5 Å². The Hall–Kier alpha value is -1.83. The largest absolute Gasteiger partial charge is 0.455 e. The van der Waals surface area contributed by atoms with E-state index in [1.807, 2.05) is 0 Å². The molecule has 3 rings (SSSR count). The maximum Gasteiger partial charge on any atom is 0.240 e. The Morgan fingerprint density at radius 2 is 2.12 bits per heavy atom. The van der Waals surface area contributed by atoms with Crippen LogP contribution in [0.4, 0.5) is 0 Å². The molecule has 1 N–H and O–H groups in total. The molecule has 0 radical (unpaired) electrons. The second kappa shape index (κ2) is 7.82. The number of hydrogen-bond acceptors (Lipinski definition) is 5. The van der Waals surface area contributed by atoms with E-state index >= 15 is 0 Å². The topological polar surface area (TPSA) is 88.7 Å². The molecule has 2 heterocycles. The van der Waals surface area contributed by atoms with E-state index in [0.717, 1.165) is 0 Å². The number of benzene rings is 1. The van der Waals surface area contributed by atoms with Gasteiger partial charge in [0, 0.05) is 12.0 Å². The van der Waals surface area contributed by atoms with Crippen molar-refractivity contribution < 1.29 is 17.6 Å². The highest BCUT2D eigenvalue weighted by Gasteiger charge is 2.29. The molecule has 138 valence electrons. The third-order valence-corrected chi connectivity index (χ3v) is 6.68. The number of nitrogens with zero attached hydrogens (tertiary/aromatic N) is 1. The molecule has 1 fully saturated rings. The first-order valence-electron chi connectivity index (χ1n) is 7.90. The second-order valence-corrected chi connectivity index (χ2v) is 9.08. The molecule has 0 unspecified atom stereocenters. The van der Waals surface area contributed by atoms with Crippen LogP contribution in [-0.4, -0.2) is 32.0 Å². The molecule has 1 saturated heterocycles. The summed E-state index contributed by atoms with van der Waals surface area (Å²) in [6.45, 7) is 0. The molecule has 0 spiro atoms. The molecule has 26 heavy (non-hydrogen) atoms. The number of nitrogens with one attached hydrogen (secondary N) is 1. The molecule has 0 bridgehead atoms. The van der Waals surface area contributed by atoms with Gasteiger partial charge in [-0.3, -0.25) is 4.79 Å². The Balaban J connectivity index is 1.57. The first-order valence-corrected chi connectivity index (χ1v) is 10.5. The maximum absolute atomic E-state index is 11.8. The van der Waals surface area contributed by atoms with Crippen molar-refractivity contribution in [1.29, 1.82) is 0 Å². The van der Waals surface area contributed by atoms with E-state index in [2.05, 4.69) is 10.5 Å². The Morgan fingerprint density at radius 3 is 2.85 bits per heavy atom. The van der Waals surface area contributed by atoms with Crippen LogP contribution in [0.2, 0.25) is 10.0 Å². The molecule has 1 aromatic heterocycles. The Bertz CT molecular complexity index is 953.